The summed E-state index contributed by atoms with van der Waals surface area (Å²) in [6.45, 7) is 0. The lowest BCUT2D eigenvalue weighted by Gasteiger charge is -2.33. The van der Waals surface area contributed by atoms with Crippen LogP contribution in [0.5, 0.6) is 0 Å². The first-order chi connectivity index (χ1) is 11.1. The number of nitrogens with zero attached hydrogens (tertiary/aromatic N) is 1. The standard InChI is InChI=1S/C17H13BrFNO2S/c18-9-5-8(1-2-10(9)19)15-16-11(3-4-13(16)21)20-12-6-23-7-14(22)17(12)15/h1-2,5,15-16H,3-4,6-7H2. The van der Waals surface area contributed by atoms with Crippen molar-refractivity contribution in [3.8, 4) is 0 Å². The number of aliphatic imine (C=N–C) groups is 1. The van der Waals surface area contributed by atoms with Gasteiger partial charge in [-0.05, 0) is 40.0 Å². The van der Waals surface area contributed by atoms with Gasteiger partial charge in [0, 0.05) is 29.4 Å². The first-order valence-corrected chi connectivity index (χ1v) is 9.40. The van der Waals surface area contributed by atoms with E-state index in [0.717, 1.165) is 17.0 Å². The number of ketones is 2. The van der Waals surface area contributed by atoms with Crippen LogP contribution in [0.15, 0.2) is 38.9 Å². The molecule has 23 heavy (non-hydrogen) atoms. The molecular weight excluding hydrogens is 381 g/mol. The maximum absolute atomic E-state index is 13.6. The highest BCUT2D eigenvalue weighted by molar-refractivity contribution is 9.10. The fourth-order valence-corrected chi connectivity index (χ4v) is 4.91. The van der Waals surface area contributed by atoms with Crippen molar-refractivity contribution < 1.29 is 14.0 Å². The topological polar surface area (TPSA) is 46.5 Å². The van der Waals surface area contributed by atoms with Gasteiger partial charge in [-0.25, -0.2) is 4.39 Å². The summed E-state index contributed by atoms with van der Waals surface area (Å²) < 4.78 is 14.0. The smallest absolute Gasteiger partial charge is 0.171 e. The maximum atomic E-state index is 13.6. The van der Waals surface area contributed by atoms with Gasteiger partial charge < -0.3 is 0 Å². The fourth-order valence-electron chi connectivity index (χ4n) is 3.66. The summed E-state index contributed by atoms with van der Waals surface area (Å²) in [5.74, 6) is 0.260. The monoisotopic (exact) mass is 393 g/mol. The van der Waals surface area contributed by atoms with Gasteiger partial charge in [-0.3, -0.25) is 14.6 Å². The van der Waals surface area contributed by atoms with E-state index < -0.39 is 0 Å². The zero-order valence-electron chi connectivity index (χ0n) is 12.1. The lowest BCUT2D eigenvalue weighted by Crippen LogP contribution is -2.34. The summed E-state index contributed by atoms with van der Waals surface area (Å²) in [6, 6.07) is 4.75. The van der Waals surface area contributed by atoms with Crippen LogP contribution in [-0.2, 0) is 9.59 Å². The number of fused-ring (bicyclic) bond motifs is 1. The van der Waals surface area contributed by atoms with E-state index in [1.807, 2.05) is 0 Å². The van der Waals surface area contributed by atoms with Crippen molar-refractivity contribution in [1.82, 2.24) is 0 Å². The third kappa shape index (κ3) is 2.43. The van der Waals surface area contributed by atoms with Crippen LogP contribution in [0.1, 0.15) is 24.3 Å². The number of halogens is 2. The molecule has 0 spiro atoms. The Labute approximate surface area is 145 Å². The van der Waals surface area contributed by atoms with E-state index in [-0.39, 0.29) is 29.2 Å². The predicted octanol–water partition coefficient (Wildman–Crippen LogP) is 3.68. The van der Waals surface area contributed by atoms with Crippen LogP contribution >= 0.6 is 27.7 Å². The van der Waals surface area contributed by atoms with E-state index in [1.54, 1.807) is 23.9 Å². The Morgan fingerprint density at radius 2 is 2.00 bits per heavy atom. The van der Waals surface area contributed by atoms with Gasteiger partial charge in [-0.15, -0.1) is 11.8 Å². The summed E-state index contributed by atoms with van der Waals surface area (Å²) in [6.07, 6.45) is 1.14. The van der Waals surface area contributed by atoms with Gasteiger partial charge in [0.1, 0.15) is 11.6 Å². The van der Waals surface area contributed by atoms with Gasteiger partial charge >= 0.3 is 0 Å². The van der Waals surface area contributed by atoms with Crippen LogP contribution in [0.25, 0.3) is 0 Å². The minimum absolute atomic E-state index is 0.0456. The molecule has 0 radical (unpaired) electrons. The Morgan fingerprint density at radius 1 is 1.17 bits per heavy atom. The lowest BCUT2D eigenvalue weighted by atomic mass is 9.74. The molecule has 1 aliphatic carbocycles. The Bertz CT molecular complexity index is 802. The number of hydrogen-bond acceptors (Lipinski definition) is 4. The maximum Gasteiger partial charge on any atom is 0.171 e. The van der Waals surface area contributed by atoms with Crippen LogP contribution < -0.4 is 0 Å². The Balaban J connectivity index is 1.91. The van der Waals surface area contributed by atoms with E-state index in [0.29, 0.717) is 34.4 Å². The molecule has 3 nitrogen and oxygen atoms in total. The first-order valence-electron chi connectivity index (χ1n) is 7.45. The third-order valence-corrected chi connectivity index (χ3v) is 6.19. The predicted molar refractivity (Wildman–Crippen MR) is 91.4 cm³/mol. The molecule has 0 N–H and O–H groups in total. The molecule has 0 aromatic heterocycles. The molecule has 0 saturated heterocycles. The minimum Gasteiger partial charge on any atom is -0.299 e. The fraction of sp³-hybridized carbons (Fsp3) is 0.353. The Hall–Kier alpha value is -1.27. The second-order valence-electron chi connectivity index (χ2n) is 5.97. The third-order valence-electron chi connectivity index (χ3n) is 4.64. The van der Waals surface area contributed by atoms with Crippen LogP contribution in [0.3, 0.4) is 0 Å². The van der Waals surface area contributed by atoms with E-state index in [1.165, 1.54) is 6.07 Å². The molecule has 1 aromatic carbocycles. The number of allylic oxidation sites excluding steroid dienone is 1. The summed E-state index contributed by atoms with van der Waals surface area (Å²) in [5, 5.41) is 0. The number of carbonyl (C=O) groups excluding carboxylic acids is 2. The highest BCUT2D eigenvalue weighted by Gasteiger charge is 2.46. The van der Waals surface area contributed by atoms with Gasteiger partial charge in [0.05, 0.1) is 21.8 Å². The van der Waals surface area contributed by atoms with Gasteiger partial charge in [0.25, 0.3) is 0 Å². The summed E-state index contributed by atoms with van der Waals surface area (Å²) in [4.78, 5) is 29.6. The molecule has 0 bridgehead atoms. The Kier molecular flexibility index (Phi) is 3.76. The molecule has 1 fully saturated rings. The van der Waals surface area contributed by atoms with Crippen molar-refractivity contribution in [2.75, 3.05) is 11.5 Å². The van der Waals surface area contributed by atoms with E-state index >= 15 is 0 Å². The minimum atomic E-state index is -0.363. The molecule has 4 rings (SSSR count). The molecule has 2 atom stereocenters. The molecule has 3 aliphatic rings. The van der Waals surface area contributed by atoms with Gasteiger partial charge in [-0.1, -0.05) is 6.07 Å². The highest BCUT2D eigenvalue weighted by Crippen LogP contribution is 2.46. The first kappa shape index (κ1) is 15.3. The van der Waals surface area contributed by atoms with E-state index in [2.05, 4.69) is 20.9 Å². The number of carbonyl (C=O) groups is 2. The van der Waals surface area contributed by atoms with Gasteiger partial charge in [0.2, 0.25) is 0 Å². The Morgan fingerprint density at radius 3 is 2.78 bits per heavy atom. The van der Waals surface area contributed by atoms with Crippen LogP contribution in [0, 0.1) is 11.7 Å². The van der Waals surface area contributed by atoms with Gasteiger partial charge in [0.15, 0.2) is 5.78 Å². The van der Waals surface area contributed by atoms with Crippen molar-refractivity contribution in [1.29, 1.82) is 0 Å². The quantitative estimate of drug-likeness (QED) is 0.730. The molecule has 2 heterocycles. The number of benzene rings is 1. The second kappa shape index (κ2) is 5.67. The van der Waals surface area contributed by atoms with Crippen LogP contribution in [0.4, 0.5) is 4.39 Å². The SMILES string of the molecule is O=C1CSCC2=C1C(c1ccc(F)c(Br)c1)C1C(=O)CCC1=N2. The van der Waals surface area contributed by atoms with Crippen molar-refractivity contribution in [2.45, 2.75) is 18.8 Å². The second-order valence-corrected chi connectivity index (χ2v) is 7.81. The van der Waals surface area contributed by atoms with Crippen molar-refractivity contribution in [3.05, 3.63) is 45.3 Å². The summed E-state index contributed by atoms with van der Waals surface area (Å²) in [7, 11) is 0. The van der Waals surface area contributed by atoms with Crippen molar-refractivity contribution in [3.63, 3.8) is 0 Å². The molecule has 1 saturated carbocycles. The summed E-state index contributed by atoms with van der Waals surface area (Å²) >= 11 is 4.77. The van der Waals surface area contributed by atoms with Crippen molar-refractivity contribution >= 4 is 45.0 Å². The molecule has 118 valence electrons. The highest BCUT2D eigenvalue weighted by atomic mass is 79.9. The van der Waals surface area contributed by atoms with Crippen LogP contribution in [0.2, 0.25) is 0 Å². The number of hydrogen-bond donors (Lipinski definition) is 0. The largest absolute Gasteiger partial charge is 0.299 e. The lowest BCUT2D eigenvalue weighted by molar-refractivity contribution is -0.120. The number of Topliss-reactive ketones (excluding diaryl/α,β-unsaturated/α-hetero) is 2. The number of thioether (sulfide) groups is 1. The van der Waals surface area contributed by atoms with Gasteiger partial charge in [-0.2, -0.15) is 0 Å². The average molecular weight is 394 g/mol. The molecule has 1 aromatic rings. The van der Waals surface area contributed by atoms with Crippen LogP contribution in [-0.4, -0.2) is 28.8 Å². The zero-order valence-corrected chi connectivity index (χ0v) is 14.5. The molecule has 2 aliphatic heterocycles. The molecule has 2 unspecified atom stereocenters. The van der Waals surface area contributed by atoms with E-state index in [9.17, 15) is 14.0 Å². The zero-order chi connectivity index (χ0) is 16.1. The molecule has 0 amide bonds. The van der Waals surface area contributed by atoms with Crippen molar-refractivity contribution in [2.24, 2.45) is 10.9 Å². The number of rotatable bonds is 1. The average Bonchev–Trinajstić information content (AvgIpc) is 2.90. The normalized spacial score (nSPS) is 27.0. The van der Waals surface area contributed by atoms with E-state index in [4.69, 9.17) is 0 Å². The molecule has 6 heteroatoms. The molecular formula is C17H13BrFNO2S. The summed E-state index contributed by atoms with van der Waals surface area (Å²) in [5.41, 5.74) is 3.15.